The molecule has 26 heavy (non-hydrogen) atoms. The van der Waals surface area contributed by atoms with Crippen LogP contribution in [0, 0.1) is 0 Å². The van der Waals surface area contributed by atoms with Crippen molar-refractivity contribution in [2.45, 2.75) is 46.0 Å². The molecule has 4 nitrogen and oxygen atoms in total. The fourth-order valence-electron chi connectivity index (χ4n) is 3.05. The molecule has 5 heteroatoms. The lowest BCUT2D eigenvalue weighted by molar-refractivity contribution is 0.329. The molecule has 0 unspecified atom stereocenters. The van der Waals surface area contributed by atoms with Gasteiger partial charge in [0.15, 0.2) is 0 Å². The van der Waals surface area contributed by atoms with Gasteiger partial charge in [0.2, 0.25) is 0 Å². The minimum atomic E-state index is 0.609. The van der Waals surface area contributed by atoms with Gasteiger partial charge in [-0.3, -0.25) is 0 Å². The molecule has 1 aromatic carbocycles. The van der Waals surface area contributed by atoms with E-state index in [1.807, 2.05) is 5.38 Å². The first-order valence-electron chi connectivity index (χ1n) is 9.48. The van der Waals surface area contributed by atoms with Gasteiger partial charge in [0, 0.05) is 0 Å². The van der Waals surface area contributed by atoms with Crippen LogP contribution in [0.25, 0.3) is 10.2 Å². The number of rotatable bonds is 10. The summed E-state index contributed by atoms with van der Waals surface area (Å²) in [6.45, 7) is 5.75. The highest BCUT2D eigenvalue weighted by molar-refractivity contribution is 7.16. The Morgan fingerprint density at radius 1 is 1.12 bits per heavy atom. The van der Waals surface area contributed by atoms with Gasteiger partial charge in [-0.05, 0) is 47.9 Å². The van der Waals surface area contributed by atoms with Crippen molar-refractivity contribution in [2.24, 2.45) is 0 Å². The Hall–Kier alpha value is -2.14. The average Bonchev–Trinajstić information content (AvgIpc) is 3.15. The summed E-state index contributed by atoms with van der Waals surface area (Å²) < 4.78 is 6.02. The second kappa shape index (κ2) is 9.53. The molecule has 3 rings (SSSR count). The van der Waals surface area contributed by atoms with Gasteiger partial charge in [-0.25, -0.2) is 9.97 Å². The summed E-state index contributed by atoms with van der Waals surface area (Å²) >= 11 is 1.63. The first-order valence-corrected chi connectivity index (χ1v) is 10.4. The molecule has 1 N–H and O–H groups in total. The molecule has 2 heterocycles. The minimum Gasteiger partial charge on any atom is -0.491 e. The third kappa shape index (κ3) is 4.73. The number of anilines is 1. The van der Waals surface area contributed by atoms with Crippen LogP contribution in [-0.2, 0) is 12.8 Å². The van der Waals surface area contributed by atoms with Crippen molar-refractivity contribution in [3.8, 4) is 5.75 Å². The van der Waals surface area contributed by atoms with E-state index in [0.29, 0.717) is 13.2 Å². The van der Waals surface area contributed by atoms with Crippen LogP contribution in [0.5, 0.6) is 5.75 Å². The average molecular weight is 370 g/mol. The quantitative estimate of drug-likeness (QED) is 0.481. The molecule has 0 bridgehead atoms. The van der Waals surface area contributed by atoms with Crippen LogP contribution >= 0.6 is 11.3 Å². The molecule has 3 aromatic rings. The van der Waals surface area contributed by atoms with Crippen LogP contribution in [0.15, 0.2) is 36.0 Å². The van der Waals surface area contributed by atoms with E-state index in [1.165, 1.54) is 30.4 Å². The Labute approximate surface area is 159 Å². The number of hydrogen-bond acceptors (Lipinski definition) is 5. The molecule has 138 valence electrons. The van der Waals surface area contributed by atoms with E-state index in [9.17, 15) is 0 Å². The number of unbranched alkanes of at least 4 members (excludes halogenated alkanes) is 2. The lowest BCUT2D eigenvalue weighted by Gasteiger charge is -2.13. The zero-order chi connectivity index (χ0) is 18.2. The summed E-state index contributed by atoms with van der Waals surface area (Å²) in [6, 6.07) is 8.69. The Morgan fingerprint density at radius 3 is 2.88 bits per heavy atom. The number of thiophene rings is 1. The second-order valence-corrected chi connectivity index (χ2v) is 7.28. The molecule has 0 aliphatic heterocycles. The Bertz CT molecular complexity index is 831. The molecule has 0 fully saturated rings. The summed E-state index contributed by atoms with van der Waals surface area (Å²) in [5, 5.41) is 6.47. The van der Waals surface area contributed by atoms with Gasteiger partial charge >= 0.3 is 0 Å². The van der Waals surface area contributed by atoms with Crippen LogP contribution < -0.4 is 10.1 Å². The molecule has 0 aliphatic rings. The van der Waals surface area contributed by atoms with E-state index < -0.39 is 0 Å². The molecule has 0 atom stereocenters. The smallest absolute Gasteiger partial charge is 0.138 e. The summed E-state index contributed by atoms with van der Waals surface area (Å²) in [6.07, 6.45) is 7.58. The predicted molar refractivity (Wildman–Crippen MR) is 110 cm³/mol. The minimum absolute atomic E-state index is 0.609. The number of aryl methyl sites for hydroxylation is 2. The molecule has 0 amide bonds. The number of hydrogen-bond donors (Lipinski definition) is 1. The highest BCUT2D eigenvalue weighted by Gasteiger charge is 2.06. The van der Waals surface area contributed by atoms with Gasteiger partial charge in [-0.15, -0.1) is 11.3 Å². The molecular formula is C21H27N3OS. The fourth-order valence-corrected chi connectivity index (χ4v) is 3.78. The van der Waals surface area contributed by atoms with Crippen molar-refractivity contribution in [2.75, 3.05) is 18.5 Å². The first-order chi connectivity index (χ1) is 12.8. The summed E-state index contributed by atoms with van der Waals surface area (Å²) in [5.41, 5.74) is 2.71. The standard InChI is InChI=1S/C21H27N3OS/c1-3-5-6-7-16-8-9-19(17(4-2)14-16)25-12-11-22-20-18-10-13-26-21(18)24-15-23-20/h8-10,13-15H,3-7,11-12H2,1-2H3,(H,22,23,24). The highest BCUT2D eigenvalue weighted by Crippen LogP contribution is 2.24. The summed E-state index contributed by atoms with van der Waals surface area (Å²) in [7, 11) is 0. The van der Waals surface area contributed by atoms with Crippen molar-refractivity contribution in [1.82, 2.24) is 9.97 Å². The van der Waals surface area contributed by atoms with E-state index in [4.69, 9.17) is 4.74 Å². The molecule has 0 radical (unpaired) electrons. The maximum Gasteiger partial charge on any atom is 0.138 e. The van der Waals surface area contributed by atoms with Crippen molar-refractivity contribution in [3.05, 3.63) is 47.1 Å². The van der Waals surface area contributed by atoms with E-state index in [2.05, 4.69) is 53.4 Å². The van der Waals surface area contributed by atoms with Gasteiger partial charge in [-0.1, -0.05) is 38.8 Å². The third-order valence-electron chi connectivity index (χ3n) is 4.49. The van der Waals surface area contributed by atoms with Crippen molar-refractivity contribution < 1.29 is 4.74 Å². The number of nitrogens with one attached hydrogen (secondary N) is 1. The fraction of sp³-hybridized carbons (Fsp3) is 0.429. The van der Waals surface area contributed by atoms with Crippen molar-refractivity contribution in [3.63, 3.8) is 0 Å². The normalized spacial score (nSPS) is 11.0. The largest absolute Gasteiger partial charge is 0.491 e. The maximum absolute atomic E-state index is 6.02. The lowest BCUT2D eigenvalue weighted by atomic mass is 10.0. The van der Waals surface area contributed by atoms with Crippen LogP contribution in [-0.4, -0.2) is 23.1 Å². The third-order valence-corrected chi connectivity index (χ3v) is 5.31. The Morgan fingerprint density at radius 2 is 2.04 bits per heavy atom. The molecule has 0 saturated carbocycles. The van der Waals surface area contributed by atoms with E-state index in [1.54, 1.807) is 17.7 Å². The zero-order valence-corrected chi connectivity index (χ0v) is 16.4. The zero-order valence-electron chi connectivity index (χ0n) is 15.6. The molecule has 0 spiro atoms. The topological polar surface area (TPSA) is 47.0 Å². The van der Waals surface area contributed by atoms with Crippen LogP contribution in [0.2, 0.25) is 0 Å². The summed E-state index contributed by atoms with van der Waals surface area (Å²) in [5.74, 6) is 1.87. The van der Waals surface area contributed by atoms with Crippen molar-refractivity contribution in [1.29, 1.82) is 0 Å². The van der Waals surface area contributed by atoms with E-state index in [-0.39, 0.29) is 0 Å². The van der Waals surface area contributed by atoms with Crippen LogP contribution in [0.4, 0.5) is 5.82 Å². The molecular weight excluding hydrogens is 342 g/mol. The van der Waals surface area contributed by atoms with Gasteiger partial charge < -0.3 is 10.1 Å². The first kappa shape index (κ1) is 18.6. The van der Waals surface area contributed by atoms with E-state index >= 15 is 0 Å². The number of ether oxygens (including phenoxy) is 1. The van der Waals surface area contributed by atoms with Crippen LogP contribution in [0.3, 0.4) is 0 Å². The molecule has 0 saturated heterocycles. The predicted octanol–water partition coefficient (Wildman–Crippen LogP) is 5.48. The second-order valence-electron chi connectivity index (χ2n) is 6.39. The monoisotopic (exact) mass is 369 g/mol. The number of fused-ring (bicyclic) bond motifs is 1. The number of nitrogens with zero attached hydrogens (tertiary/aromatic N) is 2. The van der Waals surface area contributed by atoms with Crippen LogP contribution in [0.1, 0.15) is 44.2 Å². The Kier molecular flexibility index (Phi) is 6.83. The lowest BCUT2D eigenvalue weighted by Crippen LogP contribution is -2.13. The SMILES string of the molecule is CCCCCc1ccc(OCCNc2ncnc3sccc23)c(CC)c1. The number of benzene rings is 1. The van der Waals surface area contributed by atoms with Crippen molar-refractivity contribution >= 4 is 27.4 Å². The molecule has 2 aromatic heterocycles. The summed E-state index contributed by atoms with van der Waals surface area (Å²) in [4.78, 5) is 9.61. The highest BCUT2D eigenvalue weighted by atomic mass is 32.1. The van der Waals surface area contributed by atoms with Gasteiger partial charge in [0.05, 0.1) is 11.9 Å². The Balaban J connectivity index is 1.53. The van der Waals surface area contributed by atoms with Gasteiger partial charge in [0.1, 0.15) is 29.3 Å². The van der Waals surface area contributed by atoms with Gasteiger partial charge in [0.25, 0.3) is 0 Å². The number of aromatic nitrogens is 2. The molecule has 0 aliphatic carbocycles. The van der Waals surface area contributed by atoms with E-state index in [0.717, 1.165) is 34.6 Å². The van der Waals surface area contributed by atoms with Gasteiger partial charge in [-0.2, -0.15) is 0 Å². The maximum atomic E-state index is 6.02.